The number of nitrogens with one attached hydrogen (secondary N) is 1. The second-order valence-electron chi connectivity index (χ2n) is 5.93. The van der Waals surface area contributed by atoms with Crippen LogP contribution in [-0.2, 0) is 4.79 Å². The van der Waals surface area contributed by atoms with Crippen molar-refractivity contribution in [2.45, 2.75) is 41.9 Å². The lowest BCUT2D eigenvalue weighted by Gasteiger charge is -2.54. The minimum Gasteiger partial charge on any atom is -0.349 e. The number of hydrogen-bond donors (Lipinski definition) is 1. The summed E-state index contributed by atoms with van der Waals surface area (Å²) in [5, 5.41) is 2.97. The summed E-state index contributed by atoms with van der Waals surface area (Å²) in [6.45, 7) is 0. The SMILES string of the molecule is O=C(NC1C2CC3CC(C2)CC1C3)C(Cl)(Cl)Cl. The molecule has 0 aromatic carbocycles. The second kappa shape index (κ2) is 4.18. The Morgan fingerprint density at radius 1 is 0.941 bits per heavy atom. The Morgan fingerprint density at radius 3 is 1.82 bits per heavy atom. The molecule has 4 rings (SSSR count). The fourth-order valence-corrected chi connectivity index (χ4v) is 4.56. The summed E-state index contributed by atoms with van der Waals surface area (Å²) in [7, 11) is 0. The maximum atomic E-state index is 11.7. The molecule has 0 saturated heterocycles. The van der Waals surface area contributed by atoms with Gasteiger partial charge in [0.1, 0.15) is 0 Å². The first-order valence-corrected chi connectivity index (χ1v) is 7.44. The summed E-state index contributed by atoms with van der Waals surface area (Å²) in [6.07, 6.45) is 6.39. The molecule has 4 aliphatic rings. The van der Waals surface area contributed by atoms with E-state index in [0.29, 0.717) is 11.8 Å². The Morgan fingerprint density at radius 2 is 1.41 bits per heavy atom. The van der Waals surface area contributed by atoms with E-state index in [1.165, 1.54) is 32.1 Å². The molecule has 0 aliphatic heterocycles. The van der Waals surface area contributed by atoms with Crippen molar-refractivity contribution in [1.82, 2.24) is 5.32 Å². The van der Waals surface area contributed by atoms with Crippen LogP contribution in [0.5, 0.6) is 0 Å². The van der Waals surface area contributed by atoms with Crippen LogP contribution in [0.2, 0.25) is 0 Å². The predicted octanol–water partition coefficient (Wildman–Crippen LogP) is 3.30. The average Bonchev–Trinajstić information content (AvgIpc) is 2.20. The van der Waals surface area contributed by atoms with Gasteiger partial charge in [0.2, 0.25) is 0 Å². The molecule has 0 aromatic heterocycles. The molecule has 0 unspecified atom stereocenters. The maximum Gasteiger partial charge on any atom is 0.272 e. The van der Waals surface area contributed by atoms with E-state index in [2.05, 4.69) is 5.32 Å². The fourth-order valence-electron chi connectivity index (χ4n) is 4.39. The third kappa shape index (κ3) is 2.29. The number of alkyl halides is 3. The van der Waals surface area contributed by atoms with Gasteiger partial charge in [-0.15, -0.1) is 0 Å². The van der Waals surface area contributed by atoms with Gasteiger partial charge in [-0.1, -0.05) is 34.8 Å². The smallest absolute Gasteiger partial charge is 0.272 e. The molecule has 0 spiro atoms. The van der Waals surface area contributed by atoms with Crippen molar-refractivity contribution in [3.63, 3.8) is 0 Å². The maximum absolute atomic E-state index is 11.7. The van der Waals surface area contributed by atoms with Crippen molar-refractivity contribution < 1.29 is 4.79 Å². The van der Waals surface area contributed by atoms with Gasteiger partial charge in [-0.3, -0.25) is 4.79 Å². The highest BCUT2D eigenvalue weighted by Gasteiger charge is 2.49. The van der Waals surface area contributed by atoms with Crippen LogP contribution in [-0.4, -0.2) is 15.7 Å². The quantitative estimate of drug-likeness (QED) is 0.739. The third-order valence-electron chi connectivity index (χ3n) is 4.78. The predicted molar refractivity (Wildman–Crippen MR) is 69.3 cm³/mol. The van der Waals surface area contributed by atoms with Gasteiger partial charge in [-0.05, 0) is 55.8 Å². The normalized spacial score (nSPS) is 43.8. The van der Waals surface area contributed by atoms with E-state index < -0.39 is 9.70 Å². The Balaban J connectivity index is 1.70. The number of carbonyl (C=O) groups is 1. The van der Waals surface area contributed by atoms with E-state index in [4.69, 9.17) is 34.8 Å². The summed E-state index contributed by atoms with van der Waals surface area (Å²) in [6, 6.07) is 0.242. The molecule has 1 N–H and O–H groups in total. The van der Waals surface area contributed by atoms with Crippen LogP contribution in [0.25, 0.3) is 0 Å². The Labute approximate surface area is 116 Å². The van der Waals surface area contributed by atoms with Crippen molar-refractivity contribution in [3.8, 4) is 0 Å². The first-order chi connectivity index (χ1) is 7.93. The van der Waals surface area contributed by atoms with E-state index in [1.807, 2.05) is 0 Å². The molecule has 4 fully saturated rings. The van der Waals surface area contributed by atoms with Gasteiger partial charge in [-0.2, -0.15) is 0 Å². The van der Waals surface area contributed by atoms with Gasteiger partial charge >= 0.3 is 0 Å². The zero-order chi connectivity index (χ0) is 12.2. The highest BCUT2D eigenvalue weighted by Crippen LogP contribution is 2.53. The minimum absolute atomic E-state index is 0.242. The van der Waals surface area contributed by atoms with E-state index in [-0.39, 0.29) is 6.04 Å². The summed E-state index contributed by atoms with van der Waals surface area (Å²) in [5.74, 6) is 2.54. The molecular formula is C12H16Cl3NO. The fraction of sp³-hybridized carbons (Fsp3) is 0.917. The zero-order valence-corrected chi connectivity index (χ0v) is 11.7. The lowest BCUT2D eigenvalue weighted by atomic mass is 9.54. The van der Waals surface area contributed by atoms with Crippen molar-refractivity contribution >= 4 is 40.7 Å². The molecule has 2 nitrogen and oxygen atoms in total. The first kappa shape index (κ1) is 12.4. The monoisotopic (exact) mass is 295 g/mol. The zero-order valence-electron chi connectivity index (χ0n) is 9.46. The van der Waals surface area contributed by atoms with Gasteiger partial charge in [-0.25, -0.2) is 0 Å². The average molecular weight is 297 g/mol. The van der Waals surface area contributed by atoms with Crippen LogP contribution in [0, 0.1) is 23.7 Å². The lowest BCUT2D eigenvalue weighted by molar-refractivity contribution is -0.124. The largest absolute Gasteiger partial charge is 0.349 e. The van der Waals surface area contributed by atoms with E-state index in [1.54, 1.807) is 0 Å². The molecule has 4 aliphatic carbocycles. The Kier molecular flexibility index (Phi) is 3.04. The molecule has 96 valence electrons. The molecular weight excluding hydrogens is 280 g/mol. The third-order valence-corrected chi connectivity index (χ3v) is 5.30. The van der Waals surface area contributed by atoms with Gasteiger partial charge in [0.05, 0.1) is 0 Å². The molecule has 0 heterocycles. The summed E-state index contributed by atoms with van der Waals surface area (Å²) in [4.78, 5) is 11.7. The van der Waals surface area contributed by atoms with E-state index >= 15 is 0 Å². The number of carbonyl (C=O) groups excluding carboxylic acids is 1. The Hall–Kier alpha value is 0.340. The second-order valence-corrected chi connectivity index (χ2v) is 8.21. The molecule has 5 heteroatoms. The molecule has 0 aromatic rings. The minimum atomic E-state index is -1.82. The standard InChI is InChI=1S/C12H16Cl3NO/c13-12(14,15)11(17)16-10-8-2-6-1-7(4-8)5-9(10)3-6/h6-10H,1-5H2,(H,16,17). The lowest BCUT2D eigenvalue weighted by Crippen LogP contribution is -2.57. The number of hydrogen-bond acceptors (Lipinski definition) is 1. The molecule has 0 radical (unpaired) electrons. The molecule has 1 amide bonds. The van der Waals surface area contributed by atoms with Crippen LogP contribution >= 0.6 is 34.8 Å². The molecule has 4 saturated carbocycles. The number of amides is 1. The van der Waals surface area contributed by atoms with Crippen LogP contribution in [0.4, 0.5) is 0 Å². The van der Waals surface area contributed by atoms with E-state index in [0.717, 1.165) is 11.8 Å². The van der Waals surface area contributed by atoms with Gasteiger partial charge in [0.15, 0.2) is 0 Å². The van der Waals surface area contributed by atoms with Crippen molar-refractivity contribution in [2.24, 2.45) is 23.7 Å². The number of rotatable bonds is 1. The van der Waals surface area contributed by atoms with Crippen LogP contribution in [0.15, 0.2) is 0 Å². The van der Waals surface area contributed by atoms with Crippen LogP contribution < -0.4 is 5.32 Å². The number of halogens is 3. The van der Waals surface area contributed by atoms with Gasteiger partial charge < -0.3 is 5.32 Å². The highest BCUT2D eigenvalue weighted by atomic mass is 35.6. The summed E-state index contributed by atoms with van der Waals surface area (Å²) < 4.78 is -1.82. The molecule has 17 heavy (non-hydrogen) atoms. The van der Waals surface area contributed by atoms with Crippen LogP contribution in [0.1, 0.15) is 32.1 Å². The Bertz CT molecular complexity index is 311. The summed E-state index contributed by atoms with van der Waals surface area (Å²) in [5.41, 5.74) is 0. The van der Waals surface area contributed by atoms with Gasteiger partial charge in [0, 0.05) is 6.04 Å². The van der Waals surface area contributed by atoms with Crippen molar-refractivity contribution in [3.05, 3.63) is 0 Å². The first-order valence-electron chi connectivity index (χ1n) is 6.31. The van der Waals surface area contributed by atoms with Crippen molar-refractivity contribution in [1.29, 1.82) is 0 Å². The van der Waals surface area contributed by atoms with Crippen LogP contribution in [0.3, 0.4) is 0 Å². The van der Waals surface area contributed by atoms with Gasteiger partial charge in [0.25, 0.3) is 9.70 Å². The summed E-state index contributed by atoms with van der Waals surface area (Å²) >= 11 is 16.8. The molecule has 0 atom stereocenters. The topological polar surface area (TPSA) is 29.1 Å². The molecule has 4 bridgehead atoms. The highest BCUT2D eigenvalue weighted by molar-refractivity contribution is 6.76. The van der Waals surface area contributed by atoms with E-state index in [9.17, 15) is 4.79 Å². The van der Waals surface area contributed by atoms with Crippen molar-refractivity contribution in [2.75, 3.05) is 0 Å².